The topological polar surface area (TPSA) is 49.3 Å². The van der Waals surface area contributed by atoms with Gasteiger partial charge in [-0.05, 0) is 30.2 Å². The summed E-state index contributed by atoms with van der Waals surface area (Å²) in [6, 6.07) is 11.2. The molecule has 0 radical (unpaired) electrons. The monoisotopic (exact) mass is 514 g/mol. The van der Waals surface area contributed by atoms with Gasteiger partial charge in [-0.3, -0.25) is 9.89 Å². The second kappa shape index (κ2) is 10.4. The van der Waals surface area contributed by atoms with Gasteiger partial charge in [0, 0.05) is 53.5 Å². The van der Waals surface area contributed by atoms with Crippen LogP contribution in [0.1, 0.15) is 24.8 Å². The molecule has 0 spiro atoms. The van der Waals surface area contributed by atoms with Crippen molar-refractivity contribution in [2.45, 2.75) is 38.0 Å². The first kappa shape index (κ1) is 22.8. The van der Waals surface area contributed by atoms with Crippen molar-refractivity contribution < 1.29 is 9.47 Å². The molecular formula is C22H35IN4O2. The van der Waals surface area contributed by atoms with E-state index in [0.29, 0.717) is 11.5 Å². The van der Waals surface area contributed by atoms with Gasteiger partial charge in [0.05, 0.1) is 18.8 Å². The number of nitrogens with one attached hydrogen (secondary N) is 1. The van der Waals surface area contributed by atoms with Gasteiger partial charge in [-0.1, -0.05) is 30.3 Å². The van der Waals surface area contributed by atoms with Crippen LogP contribution in [0.3, 0.4) is 0 Å². The Kier molecular flexibility index (Phi) is 8.18. The summed E-state index contributed by atoms with van der Waals surface area (Å²) in [6.45, 7) is 6.53. The number of ether oxygens (including phenoxy) is 2. The highest BCUT2D eigenvalue weighted by Gasteiger charge is 2.44. The van der Waals surface area contributed by atoms with E-state index in [9.17, 15) is 0 Å². The first-order valence-electron chi connectivity index (χ1n) is 10.6. The minimum Gasteiger partial charge on any atom is -0.385 e. The van der Waals surface area contributed by atoms with Crippen molar-refractivity contribution in [3.05, 3.63) is 35.9 Å². The lowest BCUT2D eigenvalue weighted by Gasteiger charge is -2.36. The molecule has 2 atom stereocenters. The van der Waals surface area contributed by atoms with E-state index in [2.05, 4.69) is 50.4 Å². The molecule has 0 aromatic heterocycles. The lowest BCUT2D eigenvalue weighted by atomic mass is 10.0. The summed E-state index contributed by atoms with van der Waals surface area (Å²) in [7, 11) is 3.68. The van der Waals surface area contributed by atoms with Crippen molar-refractivity contribution >= 4 is 29.9 Å². The van der Waals surface area contributed by atoms with E-state index < -0.39 is 0 Å². The summed E-state index contributed by atoms with van der Waals surface area (Å²) < 4.78 is 11.4. The molecule has 1 aromatic carbocycles. The summed E-state index contributed by atoms with van der Waals surface area (Å²) in [5.74, 6) is 1.02. The molecule has 1 N–H and O–H groups in total. The number of benzene rings is 1. The first-order chi connectivity index (χ1) is 13.7. The molecule has 2 aliphatic heterocycles. The minimum absolute atomic E-state index is 0. The van der Waals surface area contributed by atoms with Gasteiger partial charge in [-0.15, -0.1) is 24.0 Å². The third-order valence-corrected chi connectivity index (χ3v) is 6.57. The van der Waals surface area contributed by atoms with Crippen LogP contribution in [0.25, 0.3) is 0 Å². The molecule has 1 aliphatic carbocycles. The van der Waals surface area contributed by atoms with Crippen molar-refractivity contribution in [1.82, 2.24) is 15.1 Å². The first-order valence-corrected chi connectivity index (χ1v) is 10.6. The van der Waals surface area contributed by atoms with Crippen LogP contribution >= 0.6 is 24.0 Å². The number of fused-ring (bicyclic) bond motifs is 1. The maximum absolute atomic E-state index is 6.12. The van der Waals surface area contributed by atoms with E-state index in [0.717, 1.165) is 58.3 Å². The fraction of sp³-hybridized carbons (Fsp3) is 0.682. The molecule has 4 rings (SSSR count). The van der Waals surface area contributed by atoms with E-state index >= 15 is 0 Å². The van der Waals surface area contributed by atoms with Crippen LogP contribution in [0.2, 0.25) is 0 Å². The minimum atomic E-state index is 0. The van der Waals surface area contributed by atoms with E-state index in [4.69, 9.17) is 9.47 Å². The van der Waals surface area contributed by atoms with Crippen LogP contribution in [0.5, 0.6) is 0 Å². The zero-order valence-electron chi connectivity index (χ0n) is 17.7. The van der Waals surface area contributed by atoms with Gasteiger partial charge in [0.2, 0.25) is 0 Å². The fourth-order valence-corrected chi connectivity index (χ4v) is 4.55. The smallest absolute Gasteiger partial charge is 0.193 e. The van der Waals surface area contributed by atoms with Crippen molar-refractivity contribution in [2.75, 3.05) is 53.6 Å². The molecule has 0 amide bonds. The van der Waals surface area contributed by atoms with Gasteiger partial charge in [0.15, 0.2) is 5.96 Å². The van der Waals surface area contributed by atoms with Crippen molar-refractivity contribution in [3.63, 3.8) is 0 Å². The number of methoxy groups -OCH3 is 1. The molecule has 1 saturated carbocycles. The number of aliphatic imine (C=N–C) groups is 1. The molecule has 1 aromatic rings. The van der Waals surface area contributed by atoms with E-state index in [-0.39, 0.29) is 30.1 Å². The van der Waals surface area contributed by atoms with Gasteiger partial charge < -0.3 is 19.7 Å². The second-order valence-corrected chi connectivity index (χ2v) is 8.48. The predicted octanol–water partition coefficient (Wildman–Crippen LogP) is 2.58. The van der Waals surface area contributed by atoms with Crippen molar-refractivity contribution in [3.8, 4) is 0 Å². The Bertz CT molecular complexity index is 668. The van der Waals surface area contributed by atoms with Crippen LogP contribution in [0.15, 0.2) is 35.3 Å². The Hall–Kier alpha value is -0.900. The van der Waals surface area contributed by atoms with Crippen molar-refractivity contribution in [2.24, 2.45) is 10.4 Å². The molecule has 6 nitrogen and oxygen atoms in total. The quantitative estimate of drug-likeness (QED) is 0.345. The highest BCUT2D eigenvalue weighted by atomic mass is 127. The van der Waals surface area contributed by atoms with Gasteiger partial charge in [-0.2, -0.15) is 0 Å². The number of likely N-dealkylation sites (tertiary alicyclic amines) is 1. The Labute approximate surface area is 192 Å². The summed E-state index contributed by atoms with van der Waals surface area (Å²) >= 11 is 0. The standard InChI is InChI=1S/C22H34N4O2.HI/c1-23-21(24-17-22(8-9-22)10-12-27-2)26-15-19-20(16-26)28-13-11-25(19)14-18-6-4-3-5-7-18;/h3-7,19-20H,8-17H2,1-2H3,(H,23,24);1H. The Morgan fingerprint density at radius 2 is 2.07 bits per heavy atom. The van der Waals surface area contributed by atoms with Gasteiger partial charge >= 0.3 is 0 Å². The summed E-state index contributed by atoms with van der Waals surface area (Å²) in [5, 5.41) is 3.64. The number of guanidine groups is 1. The number of hydrogen-bond donors (Lipinski definition) is 1. The summed E-state index contributed by atoms with van der Waals surface area (Å²) in [5.41, 5.74) is 1.78. The number of morpholine rings is 1. The average Bonchev–Trinajstić information content (AvgIpc) is 3.36. The third-order valence-electron chi connectivity index (χ3n) is 6.57. The lowest BCUT2D eigenvalue weighted by molar-refractivity contribution is -0.0502. The Balaban J connectivity index is 0.00000240. The molecule has 3 aliphatic rings. The molecular weight excluding hydrogens is 479 g/mol. The molecule has 3 fully saturated rings. The van der Waals surface area contributed by atoms with E-state index in [1.54, 1.807) is 7.11 Å². The Morgan fingerprint density at radius 3 is 2.76 bits per heavy atom. The number of nitrogens with zero attached hydrogens (tertiary/aromatic N) is 3. The fourth-order valence-electron chi connectivity index (χ4n) is 4.55. The van der Waals surface area contributed by atoms with Gasteiger partial charge in [-0.25, -0.2) is 0 Å². The summed E-state index contributed by atoms with van der Waals surface area (Å²) in [6.07, 6.45) is 3.98. The number of rotatable bonds is 7. The molecule has 2 heterocycles. The average molecular weight is 514 g/mol. The van der Waals surface area contributed by atoms with E-state index in [1.807, 2.05) is 7.05 Å². The van der Waals surface area contributed by atoms with Gasteiger partial charge in [0.1, 0.15) is 0 Å². The SMILES string of the molecule is CN=C(NCC1(CCOC)CC1)N1CC2OCCN(Cc3ccccc3)C2C1.I. The van der Waals surface area contributed by atoms with Crippen LogP contribution in [-0.4, -0.2) is 81.5 Å². The molecule has 7 heteroatoms. The zero-order valence-corrected chi connectivity index (χ0v) is 20.0. The zero-order chi connectivity index (χ0) is 19.4. The van der Waals surface area contributed by atoms with Crippen LogP contribution in [0.4, 0.5) is 0 Å². The lowest BCUT2D eigenvalue weighted by Crippen LogP contribution is -2.50. The molecule has 162 valence electrons. The highest BCUT2D eigenvalue weighted by molar-refractivity contribution is 14.0. The van der Waals surface area contributed by atoms with Crippen molar-refractivity contribution in [1.29, 1.82) is 0 Å². The normalized spacial score (nSPS) is 26.0. The number of hydrogen-bond acceptors (Lipinski definition) is 4. The predicted molar refractivity (Wildman–Crippen MR) is 127 cm³/mol. The second-order valence-electron chi connectivity index (χ2n) is 8.48. The van der Waals surface area contributed by atoms with Crippen LogP contribution in [-0.2, 0) is 16.0 Å². The molecule has 0 bridgehead atoms. The maximum Gasteiger partial charge on any atom is 0.193 e. The van der Waals surface area contributed by atoms with Gasteiger partial charge in [0.25, 0.3) is 0 Å². The number of halogens is 1. The largest absolute Gasteiger partial charge is 0.385 e. The Morgan fingerprint density at radius 1 is 1.28 bits per heavy atom. The molecule has 2 saturated heterocycles. The molecule has 29 heavy (non-hydrogen) atoms. The van der Waals surface area contributed by atoms with E-state index in [1.165, 1.54) is 18.4 Å². The third kappa shape index (κ3) is 5.62. The molecule has 2 unspecified atom stereocenters. The van der Waals surface area contributed by atoms with Crippen LogP contribution < -0.4 is 5.32 Å². The summed E-state index contributed by atoms with van der Waals surface area (Å²) in [4.78, 5) is 9.54. The highest BCUT2D eigenvalue weighted by Crippen LogP contribution is 2.48. The van der Waals surface area contributed by atoms with Crippen LogP contribution in [0, 0.1) is 5.41 Å². The maximum atomic E-state index is 6.12.